The fraction of sp³-hybridized carbons (Fsp3) is 0.473. The van der Waals surface area contributed by atoms with Crippen molar-refractivity contribution in [2.45, 2.75) is 126 Å². The van der Waals surface area contributed by atoms with Crippen LogP contribution in [0.3, 0.4) is 0 Å². The van der Waals surface area contributed by atoms with Crippen molar-refractivity contribution in [1.29, 1.82) is 5.41 Å². The van der Waals surface area contributed by atoms with Gasteiger partial charge in [-0.15, -0.1) is 0 Å². The van der Waals surface area contributed by atoms with Gasteiger partial charge in [0.2, 0.25) is 65.0 Å². The highest BCUT2D eigenvalue weighted by Crippen LogP contribution is 2.22. The number of nitrogens with two attached hydrogens (primary N) is 1. The lowest BCUT2D eigenvalue weighted by Crippen LogP contribution is -2.61. The van der Waals surface area contributed by atoms with Gasteiger partial charge in [-0.2, -0.15) is 0 Å². The fourth-order valence-electron chi connectivity index (χ4n) is 9.88. The molecule has 18 N–H and O–H groups in total. The summed E-state index contributed by atoms with van der Waals surface area (Å²) in [7, 11) is 1.27. The Balaban J connectivity index is 1.39. The van der Waals surface area contributed by atoms with Crippen LogP contribution in [0.4, 0.5) is 0 Å². The van der Waals surface area contributed by atoms with Gasteiger partial charge in [0.1, 0.15) is 54.4 Å². The number of amides is 11. The number of aliphatic hydroxyl groups excluding tert-OH is 2. The van der Waals surface area contributed by atoms with Crippen LogP contribution in [0.15, 0.2) is 73.3 Å². The Hall–Kier alpha value is -9.45. The van der Waals surface area contributed by atoms with Crippen LogP contribution in [-0.4, -0.2) is 195 Å². The molecule has 458 valence electrons. The van der Waals surface area contributed by atoms with Gasteiger partial charge in [0.25, 0.3) is 0 Å². The van der Waals surface area contributed by atoms with Gasteiger partial charge in [-0.1, -0.05) is 48.5 Å². The molecule has 30 heteroatoms. The molecule has 2 aromatic carbocycles. The molecule has 2 aliphatic heterocycles. The van der Waals surface area contributed by atoms with Crippen LogP contribution < -0.4 is 64.2 Å². The number of nitrogens with zero attached hydrogens (tertiary/aromatic N) is 2. The van der Waals surface area contributed by atoms with Crippen molar-refractivity contribution >= 4 is 81.8 Å². The molecule has 2 aliphatic rings. The summed E-state index contributed by atoms with van der Waals surface area (Å²) in [5.74, 6) is -9.79. The predicted molar refractivity (Wildman–Crippen MR) is 305 cm³/mol. The first-order valence-corrected chi connectivity index (χ1v) is 27.8. The summed E-state index contributed by atoms with van der Waals surface area (Å²) in [5.41, 5.74) is 7.71. The van der Waals surface area contributed by atoms with Crippen molar-refractivity contribution in [3.63, 3.8) is 0 Å². The quantitative estimate of drug-likeness (QED) is 0.0238. The molecule has 2 fully saturated rings. The van der Waals surface area contributed by atoms with Crippen LogP contribution in [0, 0.1) is 5.41 Å². The van der Waals surface area contributed by atoms with Crippen LogP contribution in [0.2, 0.25) is 0 Å². The molecule has 11 amide bonds. The maximum atomic E-state index is 15.1. The van der Waals surface area contributed by atoms with Gasteiger partial charge in [-0.3, -0.25) is 58.1 Å². The minimum absolute atomic E-state index is 0.0265. The van der Waals surface area contributed by atoms with Gasteiger partial charge in [0, 0.05) is 76.2 Å². The number of aromatic amines is 2. The lowest BCUT2D eigenvalue weighted by atomic mass is 10.0. The van der Waals surface area contributed by atoms with E-state index in [1.165, 1.54) is 26.5 Å². The zero-order valence-corrected chi connectivity index (χ0v) is 47.1. The van der Waals surface area contributed by atoms with Crippen molar-refractivity contribution in [3.05, 3.63) is 90.1 Å². The lowest BCUT2D eigenvalue weighted by Gasteiger charge is -2.31. The molecule has 30 nitrogen and oxygen atoms in total. The van der Waals surface area contributed by atoms with Crippen LogP contribution >= 0.6 is 0 Å². The number of likely N-dealkylation sites (tertiary alicyclic amines) is 1. The average Bonchev–Trinajstić information content (AvgIpc) is 4.40. The Bertz CT molecular complexity index is 3010. The number of carbonyl (C=O) groups is 11. The van der Waals surface area contributed by atoms with E-state index in [2.05, 4.69) is 73.4 Å². The molecule has 0 saturated carbocycles. The number of fused-ring (bicyclic) bond motifs is 1. The normalized spacial score (nSPS) is 22.0. The molecule has 2 aromatic heterocycles. The standard InChI is InChI=1S/C55H75N17O13/c1-30(75)64-36-15-8-18-60-45(76)24-41(54(85)72-20-10-17-44(72)53(84)71-43(28-74)52(83)70-42(27-73)46(77)58-2)69-50(81)39(22-32-25-62-35-14-7-6-13-34(32)35)67-48(79)37(16-9-19-61-55(56)57)65-49(80)38(21-31-11-4-3-5-12-31)66-51(82)40(68-47(36)78)23-33-26-59-29-63-33/h3-7,11-14,25-26,29,36-44,62,73-74H,8-10,15-24,27-28H2,1-2H3,(H,58,77)(H,59,63)(H,60,76)(H,64,75)(H,65,80)(H,66,82)(H,67,79)(H,68,78)(H,69,81)(H,70,83)(H,71,84)(H4,56,57,61)/t36-,37-,38+,39-,40-,41-,42-,43-,44-/m0/s1. The van der Waals surface area contributed by atoms with Crippen LogP contribution in [0.1, 0.15) is 68.7 Å². The van der Waals surface area contributed by atoms with Crippen molar-refractivity contribution in [2.24, 2.45) is 5.73 Å². The predicted octanol–water partition coefficient (Wildman–Crippen LogP) is -4.90. The third-order valence-electron chi connectivity index (χ3n) is 14.3. The molecule has 0 unspecified atom stereocenters. The summed E-state index contributed by atoms with van der Waals surface area (Å²) in [4.78, 5) is 166. The highest BCUT2D eigenvalue weighted by atomic mass is 16.3. The summed E-state index contributed by atoms with van der Waals surface area (Å²) < 4.78 is 0. The Kier molecular flexibility index (Phi) is 24.2. The van der Waals surface area contributed by atoms with Gasteiger partial charge in [-0.05, 0) is 55.7 Å². The average molecular weight is 1180 g/mol. The minimum Gasteiger partial charge on any atom is -0.394 e. The molecule has 0 radical (unpaired) electrons. The maximum Gasteiger partial charge on any atom is 0.246 e. The number of para-hydroxylation sites is 1. The molecule has 0 aliphatic carbocycles. The topological polar surface area (TPSA) is 458 Å². The van der Waals surface area contributed by atoms with Crippen LogP contribution in [0.25, 0.3) is 10.9 Å². The van der Waals surface area contributed by atoms with E-state index in [4.69, 9.17) is 11.1 Å². The van der Waals surface area contributed by atoms with Gasteiger partial charge >= 0.3 is 0 Å². The molecule has 4 aromatic rings. The largest absolute Gasteiger partial charge is 0.394 e. The molecule has 2 saturated heterocycles. The number of guanidine groups is 1. The van der Waals surface area contributed by atoms with E-state index < -0.39 is 139 Å². The summed E-state index contributed by atoms with van der Waals surface area (Å²) >= 11 is 0. The van der Waals surface area contributed by atoms with E-state index >= 15 is 4.79 Å². The number of likely N-dealkylation sites (N-methyl/N-ethyl adjacent to an activating group) is 1. The van der Waals surface area contributed by atoms with Crippen LogP contribution in [0.5, 0.6) is 0 Å². The zero-order chi connectivity index (χ0) is 61.6. The number of aromatic nitrogens is 3. The third-order valence-corrected chi connectivity index (χ3v) is 14.3. The van der Waals surface area contributed by atoms with E-state index in [0.717, 1.165) is 4.90 Å². The van der Waals surface area contributed by atoms with Gasteiger partial charge in [0.15, 0.2) is 5.96 Å². The van der Waals surface area contributed by atoms with Crippen molar-refractivity contribution < 1.29 is 63.0 Å². The first-order valence-electron chi connectivity index (χ1n) is 27.8. The minimum atomic E-state index is -1.75. The first kappa shape index (κ1) is 64.7. The summed E-state index contributed by atoms with van der Waals surface area (Å²) in [6.07, 6.45) is 3.37. The van der Waals surface area contributed by atoms with E-state index in [9.17, 15) is 58.2 Å². The molecule has 0 spiro atoms. The summed E-state index contributed by atoms with van der Waals surface area (Å²) in [5, 5.41) is 56.6. The van der Waals surface area contributed by atoms with Crippen molar-refractivity contribution in [1.82, 2.24) is 78.3 Å². The van der Waals surface area contributed by atoms with Crippen molar-refractivity contribution in [2.75, 3.05) is 39.9 Å². The fourth-order valence-corrected chi connectivity index (χ4v) is 9.88. The molecule has 85 heavy (non-hydrogen) atoms. The second-order valence-electron chi connectivity index (χ2n) is 20.5. The Labute approximate surface area is 488 Å². The smallest absolute Gasteiger partial charge is 0.246 e. The number of imidazole rings is 1. The monoisotopic (exact) mass is 1180 g/mol. The highest BCUT2D eigenvalue weighted by molar-refractivity contribution is 6.00. The summed E-state index contributed by atoms with van der Waals surface area (Å²) in [6.45, 7) is -0.764. The van der Waals surface area contributed by atoms with E-state index in [-0.39, 0.29) is 83.4 Å². The number of rotatable bonds is 19. The number of nitrogens with one attached hydrogen (secondary N) is 14. The molecular weight excluding hydrogens is 1110 g/mol. The molecular formula is C55H75N17O13. The number of carbonyl (C=O) groups excluding carboxylic acids is 11. The number of aliphatic hydroxyl groups is 2. The molecule has 0 bridgehead atoms. The SMILES string of the molecule is CNC(=O)[C@H](CO)NC(=O)[C@H](CO)NC(=O)[C@@H]1CCCN1C(=O)[C@@H]1CC(=O)NCCC[C@H](NC(C)=O)C(=O)N[C@@H](Cc2c[nH]cn2)C(=O)N[C@H](Cc2ccccc2)C(=O)N[C@@H](CCCNC(=N)N)C(=O)N[C@@H](Cc2c[nH]c3ccccc23)C(=O)N1. The van der Waals surface area contributed by atoms with Gasteiger partial charge in [-0.25, -0.2) is 4.98 Å². The number of hydrogen-bond donors (Lipinski definition) is 17. The Morgan fingerprint density at radius 2 is 1.39 bits per heavy atom. The molecule has 6 rings (SSSR count). The first-order chi connectivity index (χ1) is 40.8. The third kappa shape index (κ3) is 19.0. The zero-order valence-electron chi connectivity index (χ0n) is 47.1. The number of benzene rings is 2. The maximum absolute atomic E-state index is 15.1. The highest BCUT2D eigenvalue weighted by Gasteiger charge is 2.41. The second-order valence-corrected chi connectivity index (χ2v) is 20.5. The van der Waals surface area contributed by atoms with Gasteiger partial charge < -0.3 is 89.3 Å². The number of hydrogen-bond acceptors (Lipinski definition) is 15. The van der Waals surface area contributed by atoms with Crippen LogP contribution in [-0.2, 0) is 72.0 Å². The summed E-state index contributed by atoms with van der Waals surface area (Å²) in [6, 6.07) is 2.44. The van der Waals surface area contributed by atoms with Gasteiger partial charge in [0.05, 0.1) is 31.7 Å². The Morgan fingerprint density at radius 1 is 0.753 bits per heavy atom. The van der Waals surface area contributed by atoms with Crippen molar-refractivity contribution in [3.8, 4) is 0 Å². The van der Waals surface area contributed by atoms with E-state index in [1.807, 2.05) is 0 Å². The number of H-pyrrole nitrogens is 2. The van der Waals surface area contributed by atoms with E-state index in [0.29, 0.717) is 27.7 Å². The molecule has 9 atom stereocenters. The Morgan fingerprint density at radius 3 is 2.06 bits per heavy atom. The lowest BCUT2D eigenvalue weighted by molar-refractivity contribution is -0.144. The van der Waals surface area contributed by atoms with E-state index in [1.54, 1.807) is 60.8 Å². The second kappa shape index (κ2) is 31.8. The molecule has 4 heterocycles.